The number of fused-ring (bicyclic) bond motifs is 1. The molecule has 7 heteroatoms. The van der Waals surface area contributed by atoms with Crippen LogP contribution in [0.3, 0.4) is 0 Å². The van der Waals surface area contributed by atoms with E-state index in [9.17, 15) is 9.59 Å². The van der Waals surface area contributed by atoms with Crippen LogP contribution in [0.4, 0.5) is 0 Å². The molecule has 1 saturated heterocycles. The fraction of sp³-hybridized carbons (Fsp3) is 0.875. The van der Waals surface area contributed by atoms with E-state index in [1.807, 2.05) is 13.8 Å². The lowest BCUT2D eigenvalue weighted by Gasteiger charge is -2.65. The van der Waals surface area contributed by atoms with Gasteiger partial charge in [0.1, 0.15) is 5.54 Å². The summed E-state index contributed by atoms with van der Waals surface area (Å²) < 4.78 is 5.81. The van der Waals surface area contributed by atoms with Crippen LogP contribution in [0.5, 0.6) is 0 Å². The lowest BCUT2D eigenvalue weighted by Crippen LogP contribution is -2.82. The van der Waals surface area contributed by atoms with Gasteiger partial charge in [-0.1, -0.05) is 13.8 Å². The second-order valence-electron chi connectivity index (χ2n) is 7.45. The van der Waals surface area contributed by atoms with E-state index in [-0.39, 0.29) is 47.6 Å². The topological polar surface area (TPSA) is 93.4 Å². The molecule has 3 atom stereocenters. The van der Waals surface area contributed by atoms with Crippen LogP contribution in [0, 0.1) is 17.3 Å². The molecule has 1 heterocycles. The van der Waals surface area contributed by atoms with Crippen molar-refractivity contribution in [3.8, 4) is 0 Å². The van der Waals surface area contributed by atoms with Gasteiger partial charge in [0.2, 0.25) is 11.8 Å². The molecule has 132 valence electrons. The highest BCUT2D eigenvalue weighted by Crippen LogP contribution is 2.57. The summed E-state index contributed by atoms with van der Waals surface area (Å²) in [6.45, 7) is 5.66. The fourth-order valence-electron chi connectivity index (χ4n) is 4.03. The number of rotatable bonds is 5. The molecule has 2 saturated carbocycles. The first-order valence-corrected chi connectivity index (χ1v) is 8.35. The number of carbonyl (C=O) groups is 2. The Bertz CT molecular complexity index is 481. The van der Waals surface area contributed by atoms with Gasteiger partial charge in [0.05, 0.1) is 6.10 Å². The summed E-state index contributed by atoms with van der Waals surface area (Å²) in [6, 6.07) is 0. The first-order valence-electron chi connectivity index (χ1n) is 8.35. The summed E-state index contributed by atoms with van der Waals surface area (Å²) in [5, 5.41) is 5.74. The zero-order valence-corrected chi connectivity index (χ0v) is 14.7. The van der Waals surface area contributed by atoms with E-state index in [1.54, 1.807) is 0 Å². The van der Waals surface area contributed by atoms with Crippen LogP contribution in [0.15, 0.2) is 0 Å². The summed E-state index contributed by atoms with van der Waals surface area (Å²) in [4.78, 5) is 24.1. The molecule has 3 unspecified atom stereocenters. The van der Waals surface area contributed by atoms with E-state index in [4.69, 9.17) is 10.5 Å². The average Bonchev–Trinajstić information content (AvgIpc) is 3.35. The minimum absolute atomic E-state index is 0. The Hall–Kier alpha value is -0.850. The molecule has 0 radical (unpaired) electrons. The largest absolute Gasteiger partial charge is 0.377 e. The molecule has 0 aromatic carbocycles. The number of nitrogens with two attached hydrogens (primary N) is 1. The molecule has 0 spiro atoms. The predicted molar refractivity (Wildman–Crippen MR) is 89.2 cm³/mol. The Labute approximate surface area is 143 Å². The maximum atomic E-state index is 12.6. The SMILES string of the molecule is CC1(C)C2OCCCC2C1(N)C(=O)NCCNC(=O)C1CC1.Cl. The first kappa shape index (κ1) is 18.5. The number of ether oxygens (including phenoxy) is 1. The van der Waals surface area contributed by atoms with Gasteiger partial charge < -0.3 is 21.1 Å². The van der Waals surface area contributed by atoms with E-state index in [0.29, 0.717) is 13.1 Å². The van der Waals surface area contributed by atoms with Crippen molar-refractivity contribution in [1.29, 1.82) is 0 Å². The molecule has 23 heavy (non-hydrogen) atoms. The van der Waals surface area contributed by atoms with Crippen LogP contribution in [0.1, 0.15) is 39.5 Å². The molecule has 3 rings (SSSR count). The molecule has 3 fully saturated rings. The number of amides is 2. The van der Waals surface area contributed by atoms with E-state index < -0.39 is 5.54 Å². The third-order valence-electron chi connectivity index (χ3n) is 5.72. The highest BCUT2D eigenvalue weighted by atomic mass is 35.5. The zero-order valence-electron chi connectivity index (χ0n) is 13.9. The van der Waals surface area contributed by atoms with Crippen molar-refractivity contribution in [2.75, 3.05) is 19.7 Å². The standard InChI is InChI=1S/C16H27N3O3.ClH/c1-15(2)12-11(4-3-9-22-12)16(15,17)14(21)19-8-7-18-13(20)10-5-6-10;/h10-12H,3-9,17H2,1-2H3,(H,18,20)(H,19,21);1H. The smallest absolute Gasteiger partial charge is 0.241 e. The van der Waals surface area contributed by atoms with Gasteiger partial charge in [-0.05, 0) is 25.7 Å². The molecule has 0 bridgehead atoms. The van der Waals surface area contributed by atoms with Gasteiger partial charge in [-0.15, -0.1) is 12.4 Å². The van der Waals surface area contributed by atoms with Crippen molar-refractivity contribution in [2.24, 2.45) is 23.0 Å². The average molecular weight is 346 g/mol. The number of nitrogens with one attached hydrogen (secondary N) is 2. The van der Waals surface area contributed by atoms with Crippen molar-refractivity contribution in [3.05, 3.63) is 0 Å². The van der Waals surface area contributed by atoms with Gasteiger partial charge in [0.25, 0.3) is 0 Å². The Balaban J connectivity index is 0.00000192. The molecule has 0 aromatic heterocycles. The van der Waals surface area contributed by atoms with E-state index in [1.165, 1.54) is 0 Å². The van der Waals surface area contributed by atoms with Gasteiger partial charge in [-0.2, -0.15) is 0 Å². The molecule has 0 aromatic rings. The van der Waals surface area contributed by atoms with Gasteiger partial charge in [0.15, 0.2) is 0 Å². The minimum atomic E-state index is -0.876. The summed E-state index contributed by atoms with van der Waals surface area (Å²) in [7, 11) is 0. The quantitative estimate of drug-likeness (QED) is 0.635. The van der Waals surface area contributed by atoms with Crippen LogP contribution >= 0.6 is 12.4 Å². The summed E-state index contributed by atoms with van der Waals surface area (Å²) in [5.41, 5.74) is 5.26. The summed E-state index contributed by atoms with van der Waals surface area (Å²) in [5.74, 6) is 0.269. The third-order valence-corrected chi connectivity index (χ3v) is 5.72. The first-order chi connectivity index (χ1) is 10.4. The van der Waals surface area contributed by atoms with Crippen molar-refractivity contribution < 1.29 is 14.3 Å². The molecular formula is C16H28ClN3O3. The molecular weight excluding hydrogens is 318 g/mol. The maximum absolute atomic E-state index is 12.6. The van der Waals surface area contributed by atoms with Gasteiger partial charge in [-0.3, -0.25) is 9.59 Å². The lowest BCUT2D eigenvalue weighted by atomic mass is 9.46. The Morgan fingerprint density at radius 3 is 2.48 bits per heavy atom. The van der Waals surface area contributed by atoms with Crippen LogP contribution in [-0.2, 0) is 14.3 Å². The third kappa shape index (κ3) is 2.96. The zero-order chi connectivity index (χ0) is 16.0. The fourth-order valence-corrected chi connectivity index (χ4v) is 4.03. The molecule has 2 amide bonds. The normalized spacial score (nSPS) is 34.4. The van der Waals surface area contributed by atoms with Gasteiger partial charge in [0, 0.05) is 36.9 Å². The maximum Gasteiger partial charge on any atom is 0.241 e. The van der Waals surface area contributed by atoms with Crippen molar-refractivity contribution >= 4 is 24.2 Å². The molecule has 6 nitrogen and oxygen atoms in total. The molecule has 4 N–H and O–H groups in total. The molecule has 3 aliphatic rings. The van der Waals surface area contributed by atoms with Crippen LogP contribution in [-0.4, -0.2) is 43.2 Å². The second-order valence-corrected chi connectivity index (χ2v) is 7.45. The van der Waals surface area contributed by atoms with Gasteiger partial charge in [-0.25, -0.2) is 0 Å². The van der Waals surface area contributed by atoms with Crippen molar-refractivity contribution in [3.63, 3.8) is 0 Å². The number of hydrogen-bond acceptors (Lipinski definition) is 4. The van der Waals surface area contributed by atoms with Crippen LogP contribution < -0.4 is 16.4 Å². The molecule has 2 aliphatic carbocycles. The minimum Gasteiger partial charge on any atom is -0.377 e. The van der Waals surface area contributed by atoms with Crippen molar-refractivity contribution in [2.45, 2.75) is 51.2 Å². The van der Waals surface area contributed by atoms with Crippen molar-refractivity contribution in [1.82, 2.24) is 10.6 Å². The van der Waals surface area contributed by atoms with E-state index >= 15 is 0 Å². The number of halogens is 1. The Kier molecular flexibility index (Phi) is 5.28. The molecule has 1 aliphatic heterocycles. The highest BCUT2D eigenvalue weighted by molar-refractivity contribution is 5.89. The number of hydrogen-bond donors (Lipinski definition) is 3. The highest BCUT2D eigenvalue weighted by Gasteiger charge is 2.70. The second kappa shape index (κ2) is 6.57. The van der Waals surface area contributed by atoms with Gasteiger partial charge >= 0.3 is 0 Å². The summed E-state index contributed by atoms with van der Waals surface area (Å²) >= 11 is 0. The number of carbonyl (C=O) groups excluding carboxylic acids is 2. The lowest BCUT2D eigenvalue weighted by molar-refractivity contribution is -0.225. The monoisotopic (exact) mass is 345 g/mol. The van der Waals surface area contributed by atoms with Crippen LogP contribution in [0.25, 0.3) is 0 Å². The van der Waals surface area contributed by atoms with E-state index in [2.05, 4.69) is 10.6 Å². The Morgan fingerprint density at radius 1 is 1.17 bits per heavy atom. The Morgan fingerprint density at radius 2 is 1.83 bits per heavy atom. The summed E-state index contributed by atoms with van der Waals surface area (Å²) in [6.07, 6.45) is 3.95. The van der Waals surface area contributed by atoms with E-state index in [0.717, 1.165) is 32.3 Å². The predicted octanol–water partition coefficient (Wildman–Crippen LogP) is 0.583. The van der Waals surface area contributed by atoms with Crippen LogP contribution in [0.2, 0.25) is 0 Å².